The summed E-state index contributed by atoms with van der Waals surface area (Å²) in [6.07, 6.45) is 0.203. The molecule has 0 aromatic heterocycles. The lowest BCUT2D eigenvalue weighted by Crippen LogP contribution is -2.65. The highest BCUT2D eigenvalue weighted by atomic mass is 28.3. The standard InChI is InChI=1S/C19H26OSi/c1-16(20-4)19(2,3)21(5,17-12-8-6-9-13-17)18-14-10-7-11-15-18/h6-16H,1-5H3. The molecule has 0 heterocycles. The number of rotatable bonds is 5. The molecule has 0 N–H and O–H groups in total. The van der Waals surface area contributed by atoms with Gasteiger partial charge in [0.15, 0.2) is 0 Å². The van der Waals surface area contributed by atoms with Gasteiger partial charge in [0.05, 0.1) is 6.10 Å². The van der Waals surface area contributed by atoms with Gasteiger partial charge in [0.1, 0.15) is 8.07 Å². The highest BCUT2D eigenvalue weighted by Crippen LogP contribution is 2.41. The van der Waals surface area contributed by atoms with Crippen LogP contribution >= 0.6 is 0 Å². The van der Waals surface area contributed by atoms with E-state index in [2.05, 4.69) is 88.0 Å². The highest BCUT2D eigenvalue weighted by molar-refractivity contribution is 7.03. The third-order valence-corrected chi connectivity index (χ3v) is 11.3. The number of benzene rings is 2. The Labute approximate surface area is 130 Å². The lowest BCUT2D eigenvalue weighted by molar-refractivity contribution is 0.0848. The monoisotopic (exact) mass is 298 g/mol. The maximum absolute atomic E-state index is 5.74. The Morgan fingerprint density at radius 2 is 1.24 bits per heavy atom. The van der Waals surface area contributed by atoms with E-state index in [9.17, 15) is 0 Å². The molecule has 21 heavy (non-hydrogen) atoms. The van der Waals surface area contributed by atoms with Crippen LogP contribution in [0.5, 0.6) is 0 Å². The van der Waals surface area contributed by atoms with Crippen molar-refractivity contribution in [2.24, 2.45) is 0 Å². The Balaban J connectivity index is 2.66. The average Bonchev–Trinajstić information content (AvgIpc) is 2.54. The summed E-state index contributed by atoms with van der Waals surface area (Å²) in [5.41, 5.74) is 0. The van der Waals surface area contributed by atoms with Crippen LogP contribution in [0.2, 0.25) is 11.6 Å². The van der Waals surface area contributed by atoms with E-state index >= 15 is 0 Å². The minimum Gasteiger partial charge on any atom is -0.381 e. The molecule has 0 bridgehead atoms. The summed E-state index contributed by atoms with van der Waals surface area (Å²) in [7, 11) is -0.122. The fourth-order valence-electron chi connectivity index (χ4n) is 3.15. The van der Waals surface area contributed by atoms with E-state index in [-0.39, 0.29) is 11.1 Å². The molecule has 0 saturated heterocycles. The van der Waals surface area contributed by atoms with Crippen molar-refractivity contribution in [1.29, 1.82) is 0 Å². The quantitative estimate of drug-likeness (QED) is 0.765. The van der Waals surface area contributed by atoms with Crippen LogP contribution in [0.15, 0.2) is 60.7 Å². The molecule has 0 aliphatic rings. The summed E-state index contributed by atoms with van der Waals surface area (Å²) in [6, 6.07) is 21.9. The van der Waals surface area contributed by atoms with Gasteiger partial charge >= 0.3 is 0 Å². The zero-order chi connectivity index (χ0) is 15.5. The summed E-state index contributed by atoms with van der Waals surface area (Å²) in [6.45, 7) is 9.37. The molecule has 2 heteroatoms. The Kier molecular flexibility index (Phi) is 4.69. The van der Waals surface area contributed by atoms with Crippen molar-refractivity contribution in [1.82, 2.24) is 0 Å². The summed E-state index contributed by atoms with van der Waals surface area (Å²) in [5.74, 6) is 0. The van der Waals surface area contributed by atoms with Crippen LogP contribution < -0.4 is 10.4 Å². The first-order valence-corrected chi connectivity index (χ1v) is 10.1. The Morgan fingerprint density at radius 3 is 1.57 bits per heavy atom. The molecule has 0 radical (unpaired) electrons. The summed E-state index contributed by atoms with van der Waals surface area (Å²) >= 11 is 0. The van der Waals surface area contributed by atoms with Gasteiger partial charge in [0.2, 0.25) is 0 Å². The second-order valence-corrected chi connectivity index (χ2v) is 11.2. The van der Waals surface area contributed by atoms with E-state index in [1.54, 1.807) is 0 Å². The first-order chi connectivity index (χ1) is 9.94. The molecule has 1 unspecified atom stereocenters. The van der Waals surface area contributed by atoms with E-state index < -0.39 is 8.07 Å². The van der Waals surface area contributed by atoms with E-state index in [4.69, 9.17) is 4.74 Å². The molecule has 0 aliphatic carbocycles. The molecule has 1 atom stereocenters. The fraction of sp³-hybridized carbons (Fsp3) is 0.368. The molecule has 2 aromatic rings. The van der Waals surface area contributed by atoms with Gasteiger partial charge in [-0.05, 0) is 12.0 Å². The third kappa shape index (κ3) is 2.70. The predicted octanol–water partition coefficient (Wildman–Crippen LogP) is 3.69. The van der Waals surface area contributed by atoms with Gasteiger partial charge in [-0.3, -0.25) is 0 Å². The normalized spacial score (nSPS) is 14.0. The minimum atomic E-state index is -1.94. The number of ether oxygens (including phenoxy) is 1. The molecule has 0 saturated carbocycles. The van der Waals surface area contributed by atoms with Crippen LogP contribution in [0.4, 0.5) is 0 Å². The van der Waals surface area contributed by atoms with Crippen LogP contribution in [0, 0.1) is 0 Å². The molecule has 0 spiro atoms. The van der Waals surface area contributed by atoms with Gasteiger partial charge in [0, 0.05) is 7.11 Å². The Morgan fingerprint density at radius 1 is 0.857 bits per heavy atom. The Bertz CT molecular complexity index is 523. The maximum Gasteiger partial charge on any atom is 0.123 e. The smallest absolute Gasteiger partial charge is 0.123 e. The van der Waals surface area contributed by atoms with Gasteiger partial charge in [-0.15, -0.1) is 0 Å². The lowest BCUT2D eigenvalue weighted by Gasteiger charge is -2.46. The predicted molar refractivity (Wildman–Crippen MR) is 94.3 cm³/mol. The topological polar surface area (TPSA) is 9.23 Å². The highest BCUT2D eigenvalue weighted by Gasteiger charge is 2.49. The van der Waals surface area contributed by atoms with Crippen LogP contribution in [0.1, 0.15) is 20.8 Å². The molecule has 2 rings (SSSR count). The van der Waals surface area contributed by atoms with E-state index in [0.29, 0.717) is 0 Å². The van der Waals surface area contributed by atoms with Gasteiger partial charge in [-0.1, -0.05) is 91.4 Å². The van der Waals surface area contributed by atoms with E-state index in [1.165, 1.54) is 10.4 Å². The van der Waals surface area contributed by atoms with E-state index in [0.717, 1.165) is 0 Å². The van der Waals surface area contributed by atoms with Crippen molar-refractivity contribution < 1.29 is 4.74 Å². The second-order valence-electron chi connectivity index (χ2n) is 6.46. The summed E-state index contributed by atoms with van der Waals surface area (Å²) in [4.78, 5) is 0. The second kappa shape index (κ2) is 6.16. The fourth-order valence-corrected chi connectivity index (χ4v) is 7.63. The van der Waals surface area contributed by atoms with Gasteiger partial charge in [-0.2, -0.15) is 0 Å². The molecule has 2 aromatic carbocycles. The van der Waals surface area contributed by atoms with Crippen molar-refractivity contribution in [3.8, 4) is 0 Å². The molecule has 0 aliphatic heterocycles. The van der Waals surface area contributed by atoms with Crippen LogP contribution in [-0.4, -0.2) is 21.3 Å². The number of hydrogen-bond donors (Lipinski definition) is 0. The van der Waals surface area contributed by atoms with Crippen molar-refractivity contribution in [2.75, 3.05) is 7.11 Å². The Hall–Kier alpha value is -1.38. The lowest BCUT2D eigenvalue weighted by atomic mass is 10.1. The SMILES string of the molecule is COC(C)C(C)(C)[Si](C)(c1ccccc1)c1ccccc1. The van der Waals surface area contributed by atoms with Crippen LogP contribution in [0.25, 0.3) is 0 Å². The molecular weight excluding hydrogens is 272 g/mol. The zero-order valence-electron chi connectivity index (χ0n) is 13.8. The van der Waals surface area contributed by atoms with E-state index in [1.807, 2.05) is 7.11 Å². The minimum absolute atomic E-state index is 0.0878. The zero-order valence-corrected chi connectivity index (χ0v) is 14.8. The molecular formula is C19H26OSi. The maximum atomic E-state index is 5.74. The molecule has 0 amide bonds. The first-order valence-electron chi connectivity index (χ1n) is 7.58. The summed E-state index contributed by atoms with van der Waals surface area (Å²) < 4.78 is 5.74. The van der Waals surface area contributed by atoms with Gasteiger partial charge in [-0.25, -0.2) is 0 Å². The van der Waals surface area contributed by atoms with Gasteiger partial charge in [0.25, 0.3) is 0 Å². The van der Waals surface area contributed by atoms with Crippen molar-refractivity contribution in [3.05, 3.63) is 60.7 Å². The number of hydrogen-bond acceptors (Lipinski definition) is 1. The largest absolute Gasteiger partial charge is 0.381 e. The van der Waals surface area contributed by atoms with Crippen molar-refractivity contribution in [3.63, 3.8) is 0 Å². The number of methoxy groups -OCH3 is 1. The van der Waals surface area contributed by atoms with Crippen molar-refractivity contribution in [2.45, 2.75) is 38.5 Å². The first kappa shape index (κ1) is 16.0. The molecule has 0 fully saturated rings. The third-order valence-electron chi connectivity index (χ3n) is 5.36. The summed E-state index contributed by atoms with van der Waals surface area (Å²) in [5, 5.41) is 3.01. The van der Waals surface area contributed by atoms with Gasteiger partial charge < -0.3 is 4.74 Å². The van der Waals surface area contributed by atoms with Crippen LogP contribution in [0.3, 0.4) is 0 Å². The molecule has 112 valence electrons. The average molecular weight is 299 g/mol. The van der Waals surface area contributed by atoms with Crippen LogP contribution in [-0.2, 0) is 4.74 Å². The molecule has 1 nitrogen and oxygen atoms in total. The van der Waals surface area contributed by atoms with Crippen molar-refractivity contribution >= 4 is 18.4 Å².